The summed E-state index contributed by atoms with van der Waals surface area (Å²) >= 11 is 0. The Kier molecular flexibility index (Phi) is 5.69. The largest absolute Gasteiger partial charge is 0.490 e. The first kappa shape index (κ1) is 17.7. The zero-order valence-electron chi connectivity index (χ0n) is 15.2. The summed E-state index contributed by atoms with van der Waals surface area (Å²) in [5.74, 6) is 1.44. The molecule has 3 heteroatoms. The molecule has 2 aromatic carbocycles. The second-order valence-corrected chi connectivity index (χ2v) is 6.28. The molecule has 0 saturated heterocycles. The number of nitrogens with zero attached hydrogens (tertiary/aromatic N) is 1. The molecule has 0 bridgehead atoms. The summed E-state index contributed by atoms with van der Waals surface area (Å²) in [6.45, 7) is 8.38. The molecule has 1 aromatic heterocycles. The number of hydrogen-bond acceptors (Lipinski definition) is 3. The van der Waals surface area contributed by atoms with Gasteiger partial charge in [-0.3, -0.25) is 0 Å². The maximum atomic E-state index is 5.89. The highest BCUT2D eigenvalue weighted by atomic mass is 16.5. The maximum Gasteiger partial charge on any atom is 0.213 e. The minimum atomic E-state index is 0.107. The summed E-state index contributed by atoms with van der Waals surface area (Å²) in [6.07, 6.45) is 3.73. The number of pyridine rings is 1. The number of benzene rings is 2. The van der Waals surface area contributed by atoms with Gasteiger partial charge in [-0.15, -0.1) is 0 Å². The summed E-state index contributed by atoms with van der Waals surface area (Å²) in [5.41, 5.74) is 4.17. The Morgan fingerprint density at radius 2 is 1.77 bits per heavy atom. The third-order valence-electron chi connectivity index (χ3n) is 3.90. The van der Waals surface area contributed by atoms with Crippen LogP contribution in [-0.4, -0.2) is 11.1 Å². The molecule has 3 aromatic rings. The van der Waals surface area contributed by atoms with Crippen LogP contribution in [0, 0.1) is 0 Å². The molecule has 3 nitrogen and oxygen atoms in total. The van der Waals surface area contributed by atoms with Crippen molar-refractivity contribution in [2.75, 3.05) is 0 Å². The first-order chi connectivity index (χ1) is 12.7. The van der Waals surface area contributed by atoms with E-state index in [0.29, 0.717) is 12.5 Å². The molecule has 0 saturated carbocycles. The van der Waals surface area contributed by atoms with Crippen LogP contribution >= 0.6 is 0 Å². The van der Waals surface area contributed by atoms with Crippen molar-refractivity contribution in [1.29, 1.82) is 0 Å². The van der Waals surface area contributed by atoms with Crippen LogP contribution < -0.4 is 9.47 Å². The second-order valence-electron chi connectivity index (χ2n) is 6.28. The minimum absolute atomic E-state index is 0.107. The molecule has 1 heterocycles. The van der Waals surface area contributed by atoms with Gasteiger partial charge in [0.2, 0.25) is 5.88 Å². The summed E-state index contributed by atoms with van der Waals surface area (Å²) in [5, 5.41) is 0. The Balaban J connectivity index is 1.74. The molecule has 132 valence electrons. The van der Waals surface area contributed by atoms with E-state index in [2.05, 4.69) is 11.6 Å². The van der Waals surface area contributed by atoms with E-state index < -0.39 is 0 Å². The standard InChI is InChI=1S/C23H23NO2/c1-4-19-10-11-20(14-22(19)26-17(2)3)21-12-13-23(24-15-21)25-16-18-8-6-5-7-9-18/h4-15,17H,1,16H2,2-3H3. The Morgan fingerprint density at radius 1 is 1.00 bits per heavy atom. The second kappa shape index (κ2) is 8.34. The molecule has 0 radical (unpaired) electrons. The summed E-state index contributed by atoms with van der Waals surface area (Å²) in [6, 6.07) is 20.0. The fourth-order valence-electron chi connectivity index (χ4n) is 2.61. The highest BCUT2D eigenvalue weighted by Crippen LogP contribution is 2.29. The van der Waals surface area contributed by atoms with E-state index in [0.717, 1.165) is 28.0 Å². The highest BCUT2D eigenvalue weighted by molar-refractivity contribution is 5.69. The average molecular weight is 345 g/mol. The molecule has 0 amide bonds. The molecule has 0 fully saturated rings. The van der Waals surface area contributed by atoms with Gasteiger partial charge in [0.1, 0.15) is 12.4 Å². The lowest BCUT2D eigenvalue weighted by Crippen LogP contribution is -2.06. The van der Waals surface area contributed by atoms with E-state index >= 15 is 0 Å². The molecular weight excluding hydrogens is 322 g/mol. The predicted molar refractivity (Wildman–Crippen MR) is 106 cm³/mol. The number of ether oxygens (including phenoxy) is 2. The molecular formula is C23H23NO2. The van der Waals surface area contributed by atoms with Gasteiger partial charge in [0, 0.05) is 23.4 Å². The zero-order valence-corrected chi connectivity index (χ0v) is 15.2. The van der Waals surface area contributed by atoms with Crippen LogP contribution in [0.1, 0.15) is 25.0 Å². The Hall–Kier alpha value is -3.07. The molecule has 0 spiro atoms. The predicted octanol–water partition coefficient (Wildman–Crippen LogP) is 5.76. The van der Waals surface area contributed by atoms with Gasteiger partial charge in [-0.1, -0.05) is 55.1 Å². The number of aromatic nitrogens is 1. The quantitative estimate of drug-likeness (QED) is 0.546. The molecule has 0 unspecified atom stereocenters. The van der Waals surface area contributed by atoms with Crippen LogP contribution in [0.3, 0.4) is 0 Å². The van der Waals surface area contributed by atoms with Gasteiger partial charge in [0.05, 0.1) is 6.10 Å². The highest BCUT2D eigenvalue weighted by Gasteiger charge is 2.07. The first-order valence-corrected chi connectivity index (χ1v) is 8.72. The Morgan fingerprint density at radius 3 is 2.42 bits per heavy atom. The molecule has 26 heavy (non-hydrogen) atoms. The Bertz CT molecular complexity index is 855. The fraction of sp³-hybridized carbons (Fsp3) is 0.174. The van der Waals surface area contributed by atoms with Crippen LogP contribution in [0.15, 0.2) is 73.4 Å². The van der Waals surface area contributed by atoms with Crippen molar-refractivity contribution in [3.05, 3.63) is 84.6 Å². The summed E-state index contributed by atoms with van der Waals surface area (Å²) in [4.78, 5) is 4.42. The van der Waals surface area contributed by atoms with Crippen LogP contribution in [0.4, 0.5) is 0 Å². The van der Waals surface area contributed by atoms with Gasteiger partial charge in [-0.25, -0.2) is 4.98 Å². The number of hydrogen-bond donors (Lipinski definition) is 0. The molecule has 0 aliphatic carbocycles. The van der Waals surface area contributed by atoms with Crippen molar-refractivity contribution < 1.29 is 9.47 Å². The number of rotatable bonds is 7. The van der Waals surface area contributed by atoms with Crippen molar-refractivity contribution in [3.8, 4) is 22.8 Å². The third kappa shape index (κ3) is 4.51. The van der Waals surface area contributed by atoms with E-state index in [1.54, 1.807) is 6.08 Å². The van der Waals surface area contributed by atoms with Crippen LogP contribution in [-0.2, 0) is 6.61 Å². The summed E-state index contributed by atoms with van der Waals surface area (Å²) < 4.78 is 11.6. The van der Waals surface area contributed by atoms with E-state index in [4.69, 9.17) is 9.47 Å². The van der Waals surface area contributed by atoms with Crippen molar-refractivity contribution >= 4 is 6.08 Å². The SMILES string of the molecule is C=Cc1ccc(-c2ccc(OCc3ccccc3)nc2)cc1OC(C)C. The Labute approximate surface area is 154 Å². The van der Waals surface area contributed by atoms with E-state index in [1.807, 2.05) is 80.7 Å². The topological polar surface area (TPSA) is 31.4 Å². The monoisotopic (exact) mass is 345 g/mol. The molecule has 3 rings (SSSR count). The maximum absolute atomic E-state index is 5.89. The smallest absolute Gasteiger partial charge is 0.213 e. The van der Waals surface area contributed by atoms with Crippen LogP contribution in [0.5, 0.6) is 11.6 Å². The molecule has 0 N–H and O–H groups in total. The van der Waals surface area contributed by atoms with E-state index in [1.165, 1.54) is 0 Å². The normalized spacial score (nSPS) is 10.6. The van der Waals surface area contributed by atoms with Crippen molar-refractivity contribution in [2.24, 2.45) is 0 Å². The van der Waals surface area contributed by atoms with Crippen LogP contribution in [0.25, 0.3) is 17.2 Å². The fourth-order valence-corrected chi connectivity index (χ4v) is 2.61. The lowest BCUT2D eigenvalue weighted by atomic mass is 10.0. The van der Waals surface area contributed by atoms with Gasteiger partial charge in [0.25, 0.3) is 0 Å². The van der Waals surface area contributed by atoms with E-state index in [-0.39, 0.29) is 6.10 Å². The van der Waals surface area contributed by atoms with Gasteiger partial charge in [0.15, 0.2) is 0 Å². The summed E-state index contributed by atoms with van der Waals surface area (Å²) in [7, 11) is 0. The minimum Gasteiger partial charge on any atom is -0.490 e. The van der Waals surface area contributed by atoms with Gasteiger partial charge in [-0.2, -0.15) is 0 Å². The first-order valence-electron chi connectivity index (χ1n) is 8.72. The van der Waals surface area contributed by atoms with Gasteiger partial charge < -0.3 is 9.47 Å². The van der Waals surface area contributed by atoms with Crippen molar-refractivity contribution in [1.82, 2.24) is 4.98 Å². The molecule has 0 aliphatic rings. The van der Waals surface area contributed by atoms with E-state index in [9.17, 15) is 0 Å². The average Bonchev–Trinajstić information content (AvgIpc) is 2.67. The van der Waals surface area contributed by atoms with Crippen LogP contribution in [0.2, 0.25) is 0 Å². The van der Waals surface area contributed by atoms with Gasteiger partial charge >= 0.3 is 0 Å². The molecule has 0 aliphatic heterocycles. The zero-order chi connectivity index (χ0) is 18.4. The lowest BCUT2D eigenvalue weighted by Gasteiger charge is -2.14. The van der Waals surface area contributed by atoms with Crippen molar-refractivity contribution in [3.63, 3.8) is 0 Å². The lowest BCUT2D eigenvalue weighted by molar-refractivity contribution is 0.242. The van der Waals surface area contributed by atoms with Crippen molar-refractivity contribution in [2.45, 2.75) is 26.6 Å². The van der Waals surface area contributed by atoms with Gasteiger partial charge in [-0.05, 0) is 37.1 Å². The third-order valence-corrected chi connectivity index (χ3v) is 3.90. The molecule has 0 atom stereocenters.